The quantitative estimate of drug-likeness (QED) is 0.230. The molecule has 8 nitrogen and oxygen atoms in total. The maximum absolute atomic E-state index is 13.0. The topological polar surface area (TPSA) is 111 Å². The van der Waals surface area contributed by atoms with Gasteiger partial charge in [-0.2, -0.15) is 5.10 Å². The Balaban J connectivity index is 1.40. The lowest BCUT2D eigenvalue weighted by molar-refractivity contribution is 0.262. The van der Waals surface area contributed by atoms with Crippen LogP contribution in [0.5, 0.6) is 0 Å². The molecule has 0 fully saturated rings. The summed E-state index contributed by atoms with van der Waals surface area (Å²) in [6, 6.07) is 14.9. The molecule has 0 radical (unpaired) electrons. The van der Waals surface area contributed by atoms with Crippen molar-refractivity contribution in [3.05, 3.63) is 76.5 Å². The van der Waals surface area contributed by atoms with Crippen molar-refractivity contribution in [1.82, 2.24) is 19.7 Å². The van der Waals surface area contributed by atoms with Gasteiger partial charge in [-0.25, -0.2) is 19.4 Å². The minimum absolute atomic E-state index is 0.192. The molecule has 2 aromatic carbocycles. The highest BCUT2D eigenvalue weighted by atomic mass is 35.5. The summed E-state index contributed by atoms with van der Waals surface area (Å²) >= 11 is 8.06. The van der Waals surface area contributed by atoms with Gasteiger partial charge >= 0.3 is 6.03 Å². The number of amides is 2. The Morgan fingerprint density at radius 3 is 2.51 bits per heavy atom. The molecule has 188 valence electrons. The van der Waals surface area contributed by atoms with Crippen molar-refractivity contribution >= 4 is 56.5 Å². The second kappa shape index (κ2) is 9.49. The number of nitrogens with one attached hydrogen (secondary N) is 2. The number of rotatable bonds is 4. The number of benzene rings is 2. The molecule has 4 N–H and O–H groups in total. The molecule has 0 aliphatic rings. The lowest BCUT2D eigenvalue weighted by Crippen LogP contribution is -2.21. The predicted molar refractivity (Wildman–Crippen MR) is 152 cm³/mol. The van der Waals surface area contributed by atoms with Gasteiger partial charge in [-0.1, -0.05) is 56.1 Å². The molecule has 37 heavy (non-hydrogen) atoms. The van der Waals surface area contributed by atoms with Crippen LogP contribution in [-0.4, -0.2) is 25.8 Å². The Bertz CT molecular complexity index is 1620. The number of aromatic nitrogens is 4. The number of aryl methyl sites for hydroxylation is 1. The van der Waals surface area contributed by atoms with Crippen molar-refractivity contribution in [2.24, 2.45) is 0 Å². The van der Waals surface area contributed by atoms with Crippen LogP contribution < -0.4 is 16.4 Å². The number of carbonyl (C=O) groups is 1. The van der Waals surface area contributed by atoms with Crippen LogP contribution in [0.2, 0.25) is 5.02 Å². The fourth-order valence-electron chi connectivity index (χ4n) is 3.88. The van der Waals surface area contributed by atoms with Crippen molar-refractivity contribution in [3.63, 3.8) is 0 Å². The van der Waals surface area contributed by atoms with Gasteiger partial charge in [0.25, 0.3) is 0 Å². The van der Waals surface area contributed by atoms with E-state index in [9.17, 15) is 4.79 Å². The fourth-order valence-corrected chi connectivity index (χ4v) is 5.04. The third-order valence-corrected chi connectivity index (χ3v) is 7.12. The number of anilines is 3. The molecule has 2 amide bonds. The Labute approximate surface area is 223 Å². The maximum atomic E-state index is 13.0. The summed E-state index contributed by atoms with van der Waals surface area (Å²) in [6.45, 7) is 8.27. The van der Waals surface area contributed by atoms with Gasteiger partial charge in [-0.15, -0.1) is 11.3 Å². The van der Waals surface area contributed by atoms with E-state index in [0.717, 1.165) is 38.3 Å². The van der Waals surface area contributed by atoms with Crippen LogP contribution in [0.1, 0.15) is 32.0 Å². The zero-order valence-electron chi connectivity index (χ0n) is 20.8. The zero-order valence-corrected chi connectivity index (χ0v) is 22.4. The Kier molecular flexibility index (Phi) is 6.35. The molecule has 0 aliphatic heterocycles. The first-order chi connectivity index (χ1) is 17.6. The van der Waals surface area contributed by atoms with E-state index in [-0.39, 0.29) is 5.41 Å². The van der Waals surface area contributed by atoms with Crippen LogP contribution in [0.25, 0.3) is 27.0 Å². The number of hydrogen-bond donors (Lipinski definition) is 3. The fraction of sp³-hybridized carbons (Fsp3) is 0.185. The van der Waals surface area contributed by atoms with Crippen LogP contribution in [-0.2, 0) is 5.41 Å². The highest BCUT2D eigenvalue weighted by Gasteiger charge is 2.22. The average molecular weight is 532 g/mol. The van der Waals surface area contributed by atoms with Crippen molar-refractivity contribution < 1.29 is 4.79 Å². The molecule has 0 saturated heterocycles. The molecule has 3 aromatic heterocycles. The summed E-state index contributed by atoms with van der Waals surface area (Å²) in [6.07, 6.45) is 1.45. The molecule has 3 heterocycles. The molecule has 0 saturated carbocycles. The highest BCUT2D eigenvalue weighted by molar-refractivity contribution is 7.17. The van der Waals surface area contributed by atoms with Crippen molar-refractivity contribution in [3.8, 4) is 16.8 Å². The van der Waals surface area contributed by atoms with E-state index in [4.69, 9.17) is 22.4 Å². The molecule has 0 unspecified atom stereocenters. The van der Waals surface area contributed by atoms with Gasteiger partial charge in [0.15, 0.2) is 0 Å². The van der Waals surface area contributed by atoms with Gasteiger partial charge in [0.2, 0.25) is 0 Å². The van der Waals surface area contributed by atoms with Gasteiger partial charge in [-0.05, 0) is 36.8 Å². The van der Waals surface area contributed by atoms with Gasteiger partial charge in [0, 0.05) is 22.4 Å². The number of fused-ring (bicyclic) bond motifs is 1. The molecule has 0 spiro atoms. The first kappa shape index (κ1) is 24.7. The van der Waals surface area contributed by atoms with Gasteiger partial charge < -0.3 is 11.1 Å². The smallest absolute Gasteiger partial charge is 0.324 e. The second-order valence-corrected chi connectivity index (χ2v) is 11.0. The van der Waals surface area contributed by atoms with Crippen molar-refractivity contribution in [1.29, 1.82) is 0 Å². The number of nitrogens with two attached hydrogens (primary N) is 1. The van der Waals surface area contributed by atoms with Crippen LogP contribution >= 0.6 is 22.9 Å². The standard InChI is InChI=1S/C27H26ClN7OS/c1-15-5-8-17(9-6-15)35-22(12-21(34-35)27(2,3)4)33-26(36)32-20-10-7-16(11-19(20)28)18-13-37-25-23(18)24(29)30-14-31-25/h5-14H,1-4H3,(H2,29,30,31)(H2,32,33,36). The van der Waals surface area contributed by atoms with E-state index in [0.29, 0.717) is 22.3 Å². The Morgan fingerprint density at radius 2 is 1.81 bits per heavy atom. The Morgan fingerprint density at radius 1 is 1.05 bits per heavy atom. The molecule has 5 aromatic rings. The van der Waals surface area contributed by atoms with Gasteiger partial charge in [-0.3, -0.25) is 5.32 Å². The van der Waals surface area contributed by atoms with E-state index < -0.39 is 6.03 Å². The van der Waals surface area contributed by atoms with Crippen LogP contribution in [0.15, 0.2) is 60.2 Å². The van der Waals surface area contributed by atoms with E-state index in [2.05, 4.69) is 41.4 Å². The first-order valence-electron chi connectivity index (χ1n) is 11.6. The molecular formula is C27H26ClN7OS. The number of urea groups is 1. The number of thiophene rings is 1. The minimum atomic E-state index is -0.429. The largest absolute Gasteiger partial charge is 0.383 e. The zero-order chi connectivity index (χ0) is 26.3. The lowest BCUT2D eigenvalue weighted by atomic mass is 9.92. The summed E-state index contributed by atoms with van der Waals surface area (Å²) in [5.74, 6) is 0.970. The normalized spacial score (nSPS) is 11.6. The number of halogens is 1. The Hall–Kier alpha value is -3.95. The number of carbonyl (C=O) groups excluding carboxylic acids is 1. The van der Waals surface area contributed by atoms with Crippen molar-refractivity contribution in [2.45, 2.75) is 33.1 Å². The maximum Gasteiger partial charge on any atom is 0.324 e. The summed E-state index contributed by atoms with van der Waals surface area (Å²) in [4.78, 5) is 22.2. The second-order valence-electron chi connectivity index (χ2n) is 9.77. The average Bonchev–Trinajstić information content (AvgIpc) is 3.46. The van der Waals surface area contributed by atoms with Crippen LogP contribution in [0, 0.1) is 6.92 Å². The van der Waals surface area contributed by atoms with E-state index in [1.807, 2.05) is 48.7 Å². The minimum Gasteiger partial charge on any atom is -0.383 e. The highest BCUT2D eigenvalue weighted by Crippen LogP contribution is 2.37. The first-order valence-corrected chi connectivity index (χ1v) is 12.9. The monoisotopic (exact) mass is 531 g/mol. The van der Waals surface area contributed by atoms with Crippen LogP contribution in [0.4, 0.5) is 22.1 Å². The van der Waals surface area contributed by atoms with Gasteiger partial charge in [0.1, 0.15) is 22.8 Å². The summed E-state index contributed by atoms with van der Waals surface area (Å²) < 4.78 is 1.73. The van der Waals surface area contributed by atoms with Crippen molar-refractivity contribution in [2.75, 3.05) is 16.4 Å². The summed E-state index contributed by atoms with van der Waals surface area (Å²) in [5.41, 5.74) is 11.0. The molecule has 0 atom stereocenters. The SMILES string of the molecule is Cc1ccc(-n2nc(C(C)(C)C)cc2NC(=O)Nc2ccc(-c3csc4ncnc(N)c34)cc2Cl)cc1. The molecule has 10 heteroatoms. The van der Waals surface area contributed by atoms with Gasteiger partial charge in [0.05, 0.1) is 27.5 Å². The number of hydrogen-bond acceptors (Lipinski definition) is 6. The molecule has 0 aliphatic carbocycles. The summed E-state index contributed by atoms with van der Waals surface area (Å²) in [7, 11) is 0. The lowest BCUT2D eigenvalue weighted by Gasteiger charge is -2.14. The van der Waals surface area contributed by atoms with E-state index in [1.165, 1.54) is 17.7 Å². The number of nitrogens with zero attached hydrogens (tertiary/aromatic N) is 4. The third-order valence-electron chi connectivity index (χ3n) is 5.93. The number of nitrogen functional groups attached to an aromatic ring is 1. The molecule has 0 bridgehead atoms. The van der Waals surface area contributed by atoms with E-state index in [1.54, 1.807) is 16.8 Å². The third kappa shape index (κ3) is 5.00. The summed E-state index contributed by atoms with van der Waals surface area (Å²) in [5, 5.41) is 13.7. The molecule has 5 rings (SSSR count). The predicted octanol–water partition coefficient (Wildman–Crippen LogP) is 7.03. The van der Waals surface area contributed by atoms with Crippen LogP contribution in [0.3, 0.4) is 0 Å². The van der Waals surface area contributed by atoms with E-state index >= 15 is 0 Å². The molecular weight excluding hydrogens is 506 g/mol.